The Kier molecular flexibility index (Phi) is 3.60. The monoisotopic (exact) mass is 280 g/mol. The summed E-state index contributed by atoms with van der Waals surface area (Å²) in [6, 6.07) is 4.24. The van der Waals surface area contributed by atoms with E-state index >= 15 is 0 Å². The zero-order valence-corrected chi connectivity index (χ0v) is 12.2. The number of carbonyl (C=O) groups is 1. The molecule has 2 heterocycles. The normalized spacial score (nSPS) is 35.3. The molecule has 4 unspecified atom stereocenters. The first-order chi connectivity index (χ1) is 9.22. The average molecular weight is 280 g/mol. The second-order valence-electron chi connectivity index (χ2n) is 5.32. The van der Waals surface area contributed by atoms with Crippen molar-refractivity contribution in [2.75, 3.05) is 7.11 Å². The van der Waals surface area contributed by atoms with Crippen LogP contribution in [0.5, 0.6) is 0 Å². The number of thiophene rings is 1. The van der Waals surface area contributed by atoms with Crippen molar-refractivity contribution in [2.24, 2.45) is 0 Å². The van der Waals surface area contributed by atoms with Gasteiger partial charge in [-0.1, -0.05) is 6.07 Å². The van der Waals surface area contributed by atoms with Gasteiger partial charge >= 0.3 is 0 Å². The molecule has 4 nitrogen and oxygen atoms in total. The third-order valence-corrected chi connectivity index (χ3v) is 5.13. The fraction of sp³-hybridized carbons (Fsp3) is 0.643. The number of nitrogens with one attached hydrogen (secondary N) is 1. The maximum atomic E-state index is 12.5. The van der Waals surface area contributed by atoms with Gasteiger partial charge in [-0.2, -0.15) is 0 Å². The molecule has 2 fully saturated rings. The number of nitrogens with zero attached hydrogens (tertiary/aromatic N) is 1. The standard InChI is InChI=1S/C14H20N2O2S/c1-9-14(17)16(10-5-3-6-11(10)18-2)13(15-9)12-7-4-8-19-12/h4,7-11,13,15H,3,5-6H2,1-2H3. The van der Waals surface area contributed by atoms with E-state index in [2.05, 4.69) is 16.8 Å². The predicted octanol–water partition coefficient (Wildman–Crippen LogP) is 2.13. The van der Waals surface area contributed by atoms with Crippen LogP contribution in [0.2, 0.25) is 0 Å². The van der Waals surface area contributed by atoms with Gasteiger partial charge in [0.15, 0.2) is 0 Å². The van der Waals surface area contributed by atoms with E-state index in [1.807, 2.05) is 17.9 Å². The fourth-order valence-electron chi connectivity index (χ4n) is 3.26. The third kappa shape index (κ3) is 2.20. The van der Waals surface area contributed by atoms with Crippen LogP contribution in [0, 0.1) is 0 Å². The minimum Gasteiger partial charge on any atom is -0.379 e. The van der Waals surface area contributed by atoms with E-state index in [4.69, 9.17) is 4.74 Å². The van der Waals surface area contributed by atoms with Gasteiger partial charge in [0.2, 0.25) is 5.91 Å². The second kappa shape index (κ2) is 5.23. The van der Waals surface area contributed by atoms with Gasteiger partial charge in [0.05, 0.1) is 18.2 Å². The third-order valence-electron chi connectivity index (χ3n) is 4.20. The summed E-state index contributed by atoms with van der Waals surface area (Å²) in [6.45, 7) is 1.94. The second-order valence-corrected chi connectivity index (χ2v) is 6.30. The van der Waals surface area contributed by atoms with Crippen LogP contribution in [0.25, 0.3) is 0 Å². The van der Waals surface area contributed by atoms with Crippen LogP contribution in [0.15, 0.2) is 17.5 Å². The smallest absolute Gasteiger partial charge is 0.241 e. The lowest BCUT2D eigenvalue weighted by molar-refractivity contribution is -0.134. The highest BCUT2D eigenvalue weighted by Crippen LogP contribution is 2.36. The molecule has 0 radical (unpaired) electrons. The molecule has 1 saturated carbocycles. The molecular weight excluding hydrogens is 260 g/mol. The SMILES string of the molecule is COC1CCCC1N1C(=O)C(C)NC1c1cccs1. The number of amides is 1. The molecular formula is C14H20N2O2S. The van der Waals surface area contributed by atoms with Gasteiger partial charge in [0.1, 0.15) is 6.17 Å². The number of ether oxygens (including phenoxy) is 1. The number of rotatable bonds is 3. The Morgan fingerprint density at radius 3 is 3.00 bits per heavy atom. The molecule has 0 aromatic carbocycles. The van der Waals surface area contributed by atoms with E-state index < -0.39 is 0 Å². The summed E-state index contributed by atoms with van der Waals surface area (Å²) in [6.07, 6.45) is 3.43. The number of methoxy groups -OCH3 is 1. The van der Waals surface area contributed by atoms with Crippen molar-refractivity contribution in [1.29, 1.82) is 0 Å². The minimum atomic E-state index is -0.106. The topological polar surface area (TPSA) is 41.6 Å². The van der Waals surface area contributed by atoms with Crippen LogP contribution < -0.4 is 5.32 Å². The van der Waals surface area contributed by atoms with E-state index in [9.17, 15) is 4.79 Å². The van der Waals surface area contributed by atoms with Crippen LogP contribution >= 0.6 is 11.3 Å². The molecule has 0 bridgehead atoms. The Morgan fingerprint density at radius 1 is 1.47 bits per heavy atom. The Labute approximate surface area is 117 Å². The largest absolute Gasteiger partial charge is 0.379 e. The fourth-order valence-corrected chi connectivity index (χ4v) is 4.04. The van der Waals surface area contributed by atoms with E-state index in [1.54, 1.807) is 18.4 Å². The number of hydrogen-bond acceptors (Lipinski definition) is 4. The summed E-state index contributed by atoms with van der Waals surface area (Å²) in [7, 11) is 1.75. The van der Waals surface area contributed by atoms with Crippen molar-refractivity contribution in [3.05, 3.63) is 22.4 Å². The van der Waals surface area contributed by atoms with E-state index in [0.29, 0.717) is 0 Å². The molecule has 1 saturated heterocycles. The minimum absolute atomic E-state index is 0.0169. The average Bonchev–Trinajstić information content (AvgIpc) is 3.11. The maximum Gasteiger partial charge on any atom is 0.241 e. The van der Waals surface area contributed by atoms with Gasteiger partial charge in [-0.25, -0.2) is 0 Å². The van der Waals surface area contributed by atoms with E-state index in [-0.39, 0.29) is 30.3 Å². The molecule has 1 aliphatic heterocycles. The van der Waals surface area contributed by atoms with Crippen molar-refractivity contribution < 1.29 is 9.53 Å². The molecule has 1 aromatic rings. The molecule has 19 heavy (non-hydrogen) atoms. The van der Waals surface area contributed by atoms with Gasteiger partial charge in [0, 0.05) is 12.0 Å². The highest BCUT2D eigenvalue weighted by atomic mass is 32.1. The Balaban J connectivity index is 1.89. The highest BCUT2D eigenvalue weighted by molar-refractivity contribution is 7.10. The molecule has 0 spiro atoms. The predicted molar refractivity (Wildman–Crippen MR) is 74.9 cm³/mol. The van der Waals surface area contributed by atoms with Gasteiger partial charge < -0.3 is 9.64 Å². The Hall–Kier alpha value is -0.910. The van der Waals surface area contributed by atoms with Crippen LogP contribution in [-0.2, 0) is 9.53 Å². The summed E-state index contributed by atoms with van der Waals surface area (Å²) in [5, 5.41) is 5.47. The molecule has 1 aliphatic carbocycles. The zero-order chi connectivity index (χ0) is 13.4. The lowest BCUT2D eigenvalue weighted by Gasteiger charge is -2.33. The summed E-state index contributed by atoms with van der Waals surface area (Å²) in [4.78, 5) is 15.7. The van der Waals surface area contributed by atoms with E-state index in [0.717, 1.165) is 19.3 Å². The maximum absolute atomic E-state index is 12.5. The van der Waals surface area contributed by atoms with Crippen LogP contribution in [-0.4, -0.2) is 36.1 Å². The quantitative estimate of drug-likeness (QED) is 0.922. The van der Waals surface area contributed by atoms with Gasteiger partial charge in [-0.15, -0.1) is 11.3 Å². The Morgan fingerprint density at radius 2 is 2.32 bits per heavy atom. The van der Waals surface area contributed by atoms with Gasteiger partial charge in [-0.3, -0.25) is 10.1 Å². The van der Waals surface area contributed by atoms with Gasteiger partial charge in [0.25, 0.3) is 0 Å². The first kappa shape index (κ1) is 13.1. The van der Waals surface area contributed by atoms with Crippen molar-refractivity contribution in [3.8, 4) is 0 Å². The molecule has 104 valence electrons. The first-order valence-electron chi connectivity index (χ1n) is 6.87. The molecule has 5 heteroatoms. The van der Waals surface area contributed by atoms with Crippen molar-refractivity contribution >= 4 is 17.2 Å². The molecule has 2 aliphatic rings. The summed E-state index contributed by atoms with van der Waals surface area (Å²) < 4.78 is 5.57. The number of hydrogen-bond donors (Lipinski definition) is 1. The summed E-state index contributed by atoms with van der Waals surface area (Å²) >= 11 is 1.70. The highest BCUT2D eigenvalue weighted by Gasteiger charge is 2.45. The van der Waals surface area contributed by atoms with Crippen LogP contribution in [0.1, 0.15) is 37.2 Å². The van der Waals surface area contributed by atoms with E-state index in [1.165, 1.54) is 4.88 Å². The van der Waals surface area contributed by atoms with Crippen molar-refractivity contribution in [1.82, 2.24) is 10.2 Å². The summed E-state index contributed by atoms with van der Waals surface area (Å²) in [5.74, 6) is 0.201. The van der Waals surface area contributed by atoms with Crippen LogP contribution in [0.4, 0.5) is 0 Å². The zero-order valence-electron chi connectivity index (χ0n) is 11.3. The molecule has 3 rings (SSSR count). The summed E-state index contributed by atoms with van der Waals surface area (Å²) in [5.41, 5.74) is 0. The van der Waals surface area contributed by atoms with Crippen molar-refractivity contribution in [2.45, 2.75) is 50.5 Å². The Bertz CT molecular complexity index is 448. The first-order valence-corrected chi connectivity index (χ1v) is 7.74. The molecule has 1 aromatic heterocycles. The lowest BCUT2D eigenvalue weighted by Crippen LogP contribution is -2.44. The molecule has 1 amide bonds. The molecule has 4 atom stereocenters. The number of carbonyl (C=O) groups excluding carboxylic acids is 1. The molecule has 1 N–H and O–H groups in total. The van der Waals surface area contributed by atoms with Crippen LogP contribution in [0.3, 0.4) is 0 Å². The van der Waals surface area contributed by atoms with Crippen molar-refractivity contribution in [3.63, 3.8) is 0 Å². The van der Waals surface area contributed by atoms with Gasteiger partial charge in [-0.05, 0) is 37.6 Å². The lowest BCUT2D eigenvalue weighted by atomic mass is 10.1.